The second-order valence-electron chi connectivity index (χ2n) is 17.0. The number of benzene rings is 9. The minimum atomic E-state index is -4.51. The molecule has 9 aromatic carbocycles. The molecular weight excluding hydrogens is 834 g/mol. The summed E-state index contributed by atoms with van der Waals surface area (Å²) in [5.41, 5.74) is 12.8. The highest BCUT2D eigenvalue weighted by Gasteiger charge is 2.34. The van der Waals surface area contributed by atoms with Gasteiger partial charge in [0.2, 0.25) is 0 Å². The lowest BCUT2D eigenvalue weighted by molar-refractivity contribution is -0.137. The van der Waals surface area contributed by atoms with Gasteiger partial charge in [0.25, 0.3) is 0 Å². The van der Waals surface area contributed by atoms with E-state index in [2.05, 4.69) is 130 Å². The van der Waals surface area contributed by atoms with Crippen molar-refractivity contribution in [3.8, 4) is 67.5 Å². The van der Waals surface area contributed by atoms with Gasteiger partial charge in [0.1, 0.15) is 0 Å². The number of rotatable bonds is 7. The molecule has 12 aromatic rings. The van der Waals surface area contributed by atoms with E-state index in [1.54, 1.807) is 19.1 Å². The number of fused-ring (bicyclic) bond motifs is 6. The van der Waals surface area contributed by atoms with Crippen molar-refractivity contribution in [1.82, 2.24) is 19.1 Å². The molecule has 4 nitrogen and oxygen atoms in total. The van der Waals surface area contributed by atoms with Crippen molar-refractivity contribution in [3.05, 3.63) is 230 Å². The molecule has 3 heterocycles. The molecule has 0 bridgehead atoms. The highest BCUT2D eigenvalue weighted by Crippen LogP contribution is 2.43. The van der Waals surface area contributed by atoms with Gasteiger partial charge in [-0.3, -0.25) is 0 Å². The Morgan fingerprint density at radius 1 is 0.373 bits per heavy atom. The number of hydrogen-bond acceptors (Lipinski definition) is 2. The lowest BCUT2D eigenvalue weighted by Gasteiger charge is -2.18. The molecule has 0 radical (unpaired) electrons. The predicted octanol–water partition coefficient (Wildman–Crippen LogP) is 16.3. The van der Waals surface area contributed by atoms with Gasteiger partial charge in [-0.1, -0.05) is 151 Å². The Labute approximate surface area is 384 Å². The number of aryl methyl sites for hydroxylation is 1. The SMILES string of the molecule is Cc1ccc(-c2ccc3c(c2)c2ccccc2n3-c2ccc(-c3nc(-c4ccccc4)cc(-c4ccccc4)n3)cc2-c2cccc(-n3c4ccccc4c4ccccc43)c2)c(C(F)(F)F)c1. The van der Waals surface area contributed by atoms with Gasteiger partial charge in [-0.15, -0.1) is 0 Å². The zero-order valence-corrected chi connectivity index (χ0v) is 36.2. The summed E-state index contributed by atoms with van der Waals surface area (Å²) in [5.74, 6) is 0.581. The molecule has 0 aliphatic heterocycles. The second-order valence-corrected chi connectivity index (χ2v) is 17.0. The molecule has 320 valence electrons. The molecule has 0 fully saturated rings. The first-order valence-corrected chi connectivity index (χ1v) is 22.2. The number of nitrogens with zero attached hydrogens (tertiary/aromatic N) is 4. The maximum Gasteiger partial charge on any atom is 0.417 e. The third-order valence-electron chi connectivity index (χ3n) is 12.8. The summed E-state index contributed by atoms with van der Waals surface area (Å²) in [6.07, 6.45) is -4.51. The molecule has 0 saturated heterocycles. The van der Waals surface area contributed by atoms with Crippen molar-refractivity contribution in [2.24, 2.45) is 0 Å². The van der Waals surface area contributed by atoms with E-state index in [0.717, 1.165) is 83.4 Å². The molecule has 12 rings (SSSR count). The van der Waals surface area contributed by atoms with Crippen molar-refractivity contribution >= 4 is 43.6 Å². The normalized spacial score (nSPS) is 11.9. The fourth-order valence-corrected chi connectivity index (χ4v) is 9.75. The number of alkyl halides is 3. The van der Waals surface area contributed by atoms with Gasteiger partial charge in [-0.2, -0.15) is 13.2 Å². The van der Waals surface area contributed by atoms with Gasteiger partial charge in [-0.25, -0.2) is 9.97 Å². The van der Waals surface area contributed by atoms with E-state index in [-0.39, 0.29) is 5.56 Å². The molecule has 7 heteroatoms. The zero-order valence-electron chi connectivity index (χ0n) is 36.2. The molecule has 67 heavy (non-hydrogen) atoms. The van der Waals surface area contributed by atoms with Crippen LogP contribution in [0.2, 0.25) is 0 Å². The van der Waals surface area contributed by atoms with Crippen LogP contribution in [0, 0.1) is 6.92 Å². The Bertz CT molecular complexity index is 3750. The van der Waals surface area contributed by atoms with Crippen LogP contribution in [0.25, 0.3) is 111 Å². The third kappa shape index (κ3) is 6.95. The number of halogens is 3. The van der Waals surface area contributed by atoms with Gasteiger partial charge in [-0.05, 0) is 96.4 Å². The maximum absolute atomic E-state index is 14.5. The minimum absolute atomic E-state index is 0.149. The first kappa shape index (κ1) is 40.0. The van der Waals surface area contributed by atoms with Gasteiger partial charge < -0.3 is 9.13 Å². The molecule has 0 aliphatic carbocycles. The molecule has 0 amide bonds. The summed E-state index contributed by atoms with van der Waals surface area (Å²) in [6, 6.07) is 72.6. The fourth-order valence-electron chi connectivity index (χ4n) is 9.75. The Balaban J connectivity index is 1.11. The van der Waals surface area contributed by atoms with E-state index in [1.165, 1.54) is 16.8 Å². The highest BCUT2D eigenvalue weighted by molar-refractivity contribution is 6.12. The van der Waals surface area contributed by atoms with Crippen molar-refractivity contribution < 1.29 is 13.2 Å². The van der Waals surface area contributed by atoms with Crippen LogP contribution in [0.3, 0.4) is 0 Å². The van der Waals surface area contributed by atoms with E-state index in [4.69, 9.17) is 9.97 Å². The number of para-hydroxylation sites is 3. The van der Waals surface area contributed by atoms with Crippen LogP contribution in [0.15, 0.2) is 218 Å². The van der Waals surface area contributed by atoms with Crippen molar-refractivity contribution in [1.29, 1.82) is 0 Å². The van der Waals surface area contributed by atoms with E-state index in [1.807, 2.05) is 78.9 Å². The van der Waals surface area contributed by atoms with E-state index in [0.29, 0.717) is 17.0 Å². The van der Waals surface area contributed by atoms with E-state index in [9.17, 15) is 13.2 Å². The topological polar surface area (TPSA) is 35.6 Å². The molecule has 0 N–H and O–H groups in total. The first-order valence-electron chi connectivity index (χ1n) is 22.2. The standard InChI is InChI=1S/C60H39F3N4/c1-38-27-30-45(51(33-38)60(61,62)63)42-28-31-58-50(35-42)48-23-10-13-26-56(48)67(58)57-32-29-43(59-64-52(39-15-4-2-5-16-39)37-53(65-59)40-17-6-3-7-18-40)36-49(57)41-19-14-20-44(34-41)66-54-24-11-8-21-46(54)47-22-9-12-25-55(47)66/h2-37H,1H3. The zero-order chi connectivity index (χ0) is 45.2. The smallest absolute Gasteiger partial charge is 0.309 e. The molecule has 0 saturated carbocycles. The van der Waals surface area contributed by atoms with Gasteiger partial charge >= 0.3 is 6.18 Å². The van der Waals surface area contributed by atoms with Gasteiger partial charge in [0.15, 0.2) is 5.82 Å². The summed E-state index contributed by atoms with van der Waals surface area (Å²) in [5, 5.41) is 4.13. The van der Waals surface area contributed by atoms with Crippen LogP contribution in [-0.2, 0) is 6.18 Å². The molecular formula is C60H39F3N4. The number of aromatic nitrogens is 4. The predicted molar refractivity (Wildman–Crippen MR) is 268 cm³/mol. The summed E-state index contributed by atoms with van der Waals surface area (Å²) < 4.78 is 48.2. The summed E-state index contributed by atoms with van der Waals surface area (Å²) in [4.78, 5) is 10.4. The van der Waals surface area contributed by atoms with Crippen LogP contribution >= 0.6 is 0 Å². The van der Waals surface area contributed by atoms with Crippen LogP contribution in [-0.4, -0.2) is 19.1 Å². The van der Waals surface area contributed by atoms with Crippen LogP contribution in [0.1, 0.15) is 11.1 Å². The summed E-state index contributed by atoms with van der Waals surface area (Å²) >= 11 is 0. The van der Waals surface area contributed by atoms with Crippen LogP contribution in [0.5, 0.6) is 0 Å². The van der Waals surface area contributed by atoms with Crippen molar-refractivity contribution in [2.75, 3.05) is 0 Å². The quantitative estimate of drug-likeness (QED) is 0.160. The molecule has 0 aliphatic rings. The third-order valence-corrected chi connectivity index (χ3v) is 12.8. The average molecular weight is 873 g/mol. The van der Waals surface area contributed by atoms with Crippen LogP contribution in [0.4, 0.5) is 13.2 Å². The summed E-state index contributed by atoms with van der Waals surface area (Å²) in [6.45, 7) is 1.69. The Morgan fingerprint density at radius 2 is 0.896 bits per heavy atom. The molecule has 0 atom stereocenters. The van der Waals surface area contributed by atoms with Gasteiger partial charge in [0.05, 0.1) is 44.7 Å². The molecule has 0 unspecified atom stereocenters. The lowest BCUT2D eigenvalue weighted by atomic mass is 9.96. The largest absolute Gasteiger partial charge is 0.417 e. The Morgan fingerprint density at radius 3 is 1.52 bits per heavy atom. The Hall–Kier alpha value is -8.55. The molecule has 3 aromatic heterocycles. The van der Waals surface area contributed by atoms with Crippen molar-refractivity contribution in [3.63, 3.8) is 0 Å². The Kier molecular flexibility index (Phi) is 9.47. The second kappa shape index (κ2) is 15.9. The molecule has 0 spiro atoms. The lowest BCUT2D eigenvalue weighted by Crippen LogP contribution is -2.07. The van der Waals surface area contributed by atoms with E-state index >= 15 is 0 Å². The fraction of sp³-hybridized carbons (Fsp3) is 0.0333. The van der Waals surface area contributed by atoms with Gasteiger partial charge in [0, 0.05) is 49.5 Å². The average Bonchev–Trinajstić information content (AvgIpc) is 3.89. The first-order chi connectivity index (χ1) is 32.8. The minimum Gasteiger partial charge on any atom is -0.309 e. The maximum atomic E-state index is 14.5. The van der Waals surface area contributed by atoms with Crippen LogP contribution < -0.4 is 0 Å². The number of hydrogen-bond donors (Lipinski definition) is 0. The van der Waals surface area contributed by atoms with E-state index < -0.39 is 11.7 Å². The van der Waals surface area contributed by atoms with Crippen molar-refractivity contribution in [2.45, 2.75) is 13.1 Å². The monoisotopic (exact) mass is 872 g/mol. The highest BCUT2D eigenvalue weighted by atomic mass is 19.4. The summed E-state index contributed by atoms with van der Waals surface area (Å²) in [7, 11) is 0.